The molecule has 4 nitrogen and oxygen atoms in total. The van der Waals surface area contributed by atoms with Gasteiger partial charge in [-0.15, -0.1) is 0 Å². The number of carbonyl (C=O) groups is 1. The molecule has 2 heterocycles. The third kappa shape index (κ3) is 3.67. The Morgan fingerprint density at radius 3 is 2.38 bits per heavy atom. The van der Waals surface area contributed by atoms with Crippen molar-refractivity contribution in [2.24, 2.45) is 5.41 Å². The summed E-state index contributed by atoms with van der Waals surface area (Å²) in [6, 6.07) is 17.8. The van der Waals surface area contributed by atoms with Gasteiger partial charge in [-0.2, -0.15) is 0 Å². The van der Waals surface area contributed by atoms with E-state index in [0.29, 0.717) is 29.9 Å². The highest BCUT2D eigenvalue weighted by Crippen LogP contribution is 2.54. The first-order valence-electron chi connectivity index (χ1n) is 11.0. The van der Waals surface area contributed by atoms with E-state index in [-0.39, 0.29) is 17.0 Å². The van der Waals surface area contributed by atoms with Gasteiger partial charge < -0.3 is 4.90 Å². The molecule has 1 atom stereocenters. The zero-order valence-electron chi connectivity index (χ0n) is 18.3. The quantitative estimate of drug-likeness (QED) is 0.528. The van der Waals surface area contributed by atoms with Crippen molar-refractivity contribution in [3.05, 3.63) is 92.1 Å². The van der Waals surface area contributed by atoms with E-state index in [1.54, 1.807) is 0 Å². The maximum absolute atomic E-state index is 13.6. The van der Waals surface area contributed by atoms with E-state index in [1.165, 1.54) is 0 Å². The number of allylic oxidation sites excluding steroid dienone is 4. The van der Waals surface area contributed by atoms with Crippen LogP contribution in [0, 0.1) is 5.41 Å². The Labute approximate surface area is 198 Å². The number of halogens is 1. The third-order valence-corrected chi connectivity index (χ3v) is 9.12. The molecule has 32 heavy (non-hydrogen) atoms. The number of ketones is 1. The van der Waals surface area contributed by atoms with E-state index in [9.17, 15) is 13.2 Å². The lowest BCUT2D eigenvalue weighted by molar-refractivity contribution is -0.118. The Morgan fingerprint density at radius 1 is 1.00 bits per heavy atom. The summed E-state index contributed by atoms with van der Waals surface area (Å²) in [5.74, 6) is -0.346. The normalized spacial score (nSPS) is 23.9. The molecule has 3 aliphatic rings. The third-order valence-electron chi connectivity index (χ3n) is 6.71. The first-order valence-corrected chi connectivity index (χ1v) is 13.4. The summed E-state index contributed by atoms with van der Waals surface area (Å²) in [6.45, 7) is 4.82. The molecule has 6 heteroatoms. The summed E-state index contributed by atoms with van der Waals surface area (Å²) < 4.78 is 27.6. The summed E-state index contributed by atoms with van der Waals surface area (Å²) in [5, 5.41) is 0. The van der Waals surface area contributed by atoms with E-state index < -0.39 is 15.8 Å². The molecule has 0 spiro atoms. The predicted molar refractivity (Wildman–Crippen MR) is 129 cm³/mol. The van der Waals surface area contributed by atoms with Gasteiger partial charge in [-0.3, -0.25) is 4.79 Å². The molecule has 1 unspecified atom stereocenters. The van der Waals surface area contributed by atoms with Crippen LogP contribution in [0.15, 0.2) is 80.9 Å². The summed E-state index contributed by atoms with van der Waals surface area (Å²) in [6.07, 6.45) is 1.67. The van der Waals surface area contributed by atoms with E-state index >= 15 is 0 Å². The summed E-state index contributed by atoms with van der Waals surface area (Å²) in [4.78, 5) is 16.2. The van der Waals surface area contributed by atoms with Crippen LogP contribution in [0.2, 0.25) is 0 Å². The molecule has 1 aliphatic carbocycles. The highest BCUT2D eigenvalue weighted by Gasteiger charge is 2.49. The molecule has 2 aromatic carbocycles. The van der Waals surface area contributed by atoms with Crippen LogP contribution in [0.25, 0.3) is 0 Å². The van der Waals surface area contributed by atoms with Gasteiger partial charge in [0.2, 0.25) is 0 Å². The smallest absolute Gasteiger partial charge is 0.177 e. The van der Waals surface area contributed by atoms with Gasteiger partial charge in [0.15, 0.2) is 15.6 Å². The molecule has 0 aromatic heterocycles. The SMILES string of the molecule is CC1(C)CC(=O)C2=C(C1)N(Cc1ccccc1)C1=C(C2c2ccc(Br)cc2)S(=O)(=O)CC1. The molecule has 0 amide bonds. The maximum atomic E-state index is 13.6. The Balaban J connectivity index is 1.75. The molecule has 2 aliphatic heterocycles. The first kappa shape index (κ1) is 21.7. The van der Waals surface area contributed by atoms with Gasteiger partial charge in [0.1, 0.15) is 0 Å². The van der Waals surface area contributed by atoms with Crippen LogP contribution in [-0.2, 0) is 21.2 Å². The van der Waals surface area contributed by atoms with Crippen LogP contribution < -0.4 is 0 Å². The molecule has 0 fully saturated rings. The second kappa shape index (κ2) is 7.70. The maximum Gasteiger partial charge on any atom is 0.177 e. The zero-order chi connectivity index (χ0) is 22.7. The molecule has 166 valence electrons. The standard InChI is InChI=1S/C26H26BrNO3S/c1-26(2)14-21-24(22(29)15-26)23(18-8-10-19(27)11-9-18)25-20(12-13-32(25,30)31)28(21)16-17-6-4-3-5-7-17/h3-11,23H,12-16H2,1-2H3. The van der Waals surface area contributed by atoms with Gasteiger partial charge in [0, 0.05) is 40.8 Å². The van der Waals surface area contributed by atoms with Gasteiger partial charge in [-0.05, 0) is 35.1 Å². The fraction of sp³-hybridized carbons (Fsp3) is 0.346. The Bertz CT molecular complexity index is 1260. The molecule has 0 saturated heterocycles. The molecule has 0 saturated carbocycles. The molecule has 2 aromatic rings. The van der Waals surface area contributed by atoms with Gasteiger partial charge in [0.05, 0.1) is 16.6 Å². The summed E-state index contributed by atoms with van der Waals surface area (Å²) >= 11 is 3.47. The van der Waals surface area contributed by atoms with Crippen molar-refractivity contribution >= 4 is 31.6 Å². The molecule has 5 rings (SSSR count). The van der Waals surface area contributed by atoms with Gasteiger partial charge in [-0.1, -0.05) is 72.2 Å². The topological polar surface area (TPSA) is 54.5 Å². The Kier molecular flexibility index (Phi) is 5.21. The van der Waals surface area contributed by atoms with Crippen molar-refractivity contribution in [3.63, 3.8) is 0 Å². The zero-order valence-corrected chi connectivity index (χ0v) is 20.7. The second-order valence-electron chi connectivity index (χ2n) is 9.74. The van der Waals surface area contributed by atoms with Crippen molar-refractivity contribution < 1.29 is 13.2 Å². The van der Waals surface area contributed by atoms with E-state index in [4.69, 9.17) is 0 Å². The van der Waals surface area contributed by atoms with Crippen LogP contribution >= 0.6 is 15.9 Å². The average molecular weight is 512 g/mol. The average Bonchev–Trinajstić information content (AvgIpc) is 3.04. The monoisotopic (exact) mass is 511 g/mol. The fourth-order valence-electron chi connectivity index (χ4n) is 5.35. The van der Waals surface area contributed by atoms with E-state index in [1.807, 2.05) is 42.5 Å². The van der Waals surface area contributed by atoms with Gasteiger partial charge in [0.25, 0.3) is 0 Å². The van der Waals surface area contributed by atoms with Gasteiger partial charge >= 0.3 is 0 Å². The highest BCUT2D eigenvalue weighted by molar-refractivity contribution is 9.10. The van der Waals surface area contributed by atoms with Crippen molar-refractivity contribution in [1.29, 1.82) is 0 Å². The number of sulfone groups is 1. The predicted octanol–water partition coefficient (Wildman–Crippen LogP) is 5.72. The lowest BCUT2D eigenvalue weighted by atomic mass is 9.70. The second-order valence-corrected chi connectivity index (χ2v) is 12.7. The van der Waals surface area contributed by atoms with Crippen molar-refractivity contribution in [2.75, 3.05) is 5.75 Å². The Hall–Kier alpha value is -2.18. The molecular weight excluding hydrogens is 486 g/mol. The van der Waals surface area contributed by atoms with Crippen LogP contribution in [0.4, 0.5) is 0 Å². The number of carbonyl (C=O) groups excluding carboxylic acids is 1. The van der Waals surface area contributed by atoms with E-state index in [2.05, 4.69) is 46.8 Å². The van der Waals surface area contributed by atoms with Crippen molar-refractivity contribution in [1.82, 2.24) is 4.90 Å². The number of rotatable bonds is 3. The van der Waals surface area contributed by atoms with Crippen LogP contribution in [0.3, 0.4) is 0 Å². The number of Topliss-reactive ketones (excluding diaryl/α,β-unsaturated/α-hetero) is 1. The molecule has 0 radical (unpaired) electrons. The van der Waals surface area contributed by atoms with Crippen LogP contribution in [0.5, 0.6) is 0 Å². The first-order chi connectivity index (χ1) is 15.2. The number of hydrogen-bond acceptors (Lipinski definition) is 4. The lowest BCUT2D eigenvalue weighted by Crippen LogP contribution is -2.39. The number of nitrogens with zero attached hydrogens (tertiary/aromatic N) is 1. The van der Waals surface area contributed by atoms with Crippen LogP contribution in [0.1, 0.15) is 50.2 Å². The minimum atomic E-state index is -3.44. The minimum Gasteiger partial charge on any atom is -0.343 e. The fourth-order valence-corrected chi connectivity index (χ4v) is 7.48. The lowest BCUT2D eigenvalue weighted by Gasteiger charge is -2.44. The van der Waals surface area contributed by atoms with Crippen LogP contribution in [-0.4, -0.2) is 24.9 Å². The molecule has 0 bridgehead atoms. The van der Waals surface area contributed by atoms with E-state index in [0.717, 1.165) is 33.4 Å². The highest BCUT2D eigenvalue weighted by atomic mass is 79.9. The largest absolute Gasteiger partial charge is 0.343 e. The molecular formula is C26H26BrNO3S. The Morgan fingerprint density at radius 2 is 1.69 bits per heavy atom. The summed E-state index contributed by atoms with van der Waals surface area (Å²) in [7, 11) is -3.44. The molecule has 0 N–H and O–H groups in total. The number of hydrogen-bond donors (Lipinski definition) is 0. The summed E-state index contributed by atoms with van der Waals surface area (Å²) in [5.41, 5.74) is 4.35. The number of benzene rings is 2. The van der Waals surface area contributed by atoms with Crippen molar-refractivity contribution in [2.45, 2.75) is 45.6 Å². The van der Waals surface area contributed by atoms with Crippen molar-refractivity contribution in [3.8, 4) is 0 Å². The van der Waals surface area contributed by atoms with Gasteiger partial charge in [-0.25, -0.2) is 8.42 Å². The minimum absolute atomic E-state index is 0.0656.